The molecule has 0 aliphatic rings. The molecule has 0 bridgehead atoms. The van der Waals surface area contributed by atoms with Crippen molar-refractivity contribution in [1.29, 1.82) is 0 Å². The molecule has 0 atom stereocenters. The average Bonchev–Trinajstić information content (AvgIpc) is 3.17. The number of imidazole rings is 1. The number of aryl methyl sites for hydroxylation is 1. The largest absolute Gasteiger partial charge is 0.347 e. The summed E-state index contributed by atoms with van der Waals surface area (Å²) in [6, 6.07) is 9.74. The number of nitrogens with zero attached hydrogens (tertiary/aromatic N) is 3. The molecule has 0 radical (unpaired) electrons. The minimum Gasteiger partial charge on any atom is -0.347 e. The van der Waals surface area contributed by atoms with E-state index in [1.165, 1.54) is 0 Å². The lowest BCUT2D eigenvalue weighted by molar-refractivity contribution is 0.251. The quantitative estimate of drug-likeness (QED) is 0.675. The third kappa shape index (κ3) is 3.97. The second-order valence-corrected chi connectivity index (χ2v) is 5.19. The highest BCUT2D eigenvalue weighted by molar-refractivity contribution is 5.88. The van der Waals surface area contributed by atoms with Crippen LogP contribution in [-0.2, 0) is 13.1 Å². The van der Waals surface area contributed by atoms with E-state index in [2.05, 4.69) is 25.7 Å². The van der Waals surface area contributed by atoms with Gasteiger partial charge in [-0.2, -0.15) is 5.10 Å². The molecule has 0 unspecified atom stereocenters. The molecule has 118 valence electrons. The van der Waals surface area contributed by atoms with Crippen molar-refractivity contribution in [2.45, 2.75) is 20.0 Å². The minimum atomic E-state index is -0.311. The highest BCUT2D eigenvalue weighted by Crippen LogP contribution is 2.12. The van der Waals surface area contributed by atoms with E-state index in [-0.39, 0.29) is 6.03 Å². The maximum absolute atomic E-state index is 11.9. The maximum Gasteiger partial charge on any atom is 0.320 e. The van der Waals surface area contributed by atoms with Crippen LogP contribution < -0.4 is 10.6 Å². The van der Waals surface area contributed by atoms with Crippen molar-refractivity contribution >= 4 is 11.8 Å². The number of anilines is 1. The van der Waals surface area contributed by atoms with Crippen molar-refractivity contribution < 1.29 is 4.79 Å². The molecule has 3 rings (SSSR count). The molecule has 0 saturated carbocycles. The van der Waals surface area contributed by atoms with Crippen molar-refractivity contribution in [3.05, 3.63) is 65.9 Å². The Hall–Kier alpha value is -3.09. The van der Waals surface area contributed by atoms with Gasteiger partial charge in [0.2, 0.25) is 0 Å². The Labute approximate surface area is 133 Å². The summed E-state index contributed by atoms with van der Waals surface area (Å²) in [4.78, 5) is 18.9. The number of carbonyl (C=O) groups is 1. The lowest BCUT2D eigenvalue weighted by Gasteiger charge is -2.05. The molecule has 3 aromatic rings. The van der Waals surface area contributed by atoms with E-state index in [4.69, 9.17) is 0 Å². The SMILES string of the molecule is Cc1cn(Cc2ccccc2)nc1NC(=O)NCc1ncc[nH]1. The molecule has 2 amide bonds. The molecule has 7 nitrogen and oxygen atoms in total. The molecule has 7 heteroatoms. The van der Waals surface area contributed by atoms with Crippen LogP contribution in [0.2, 0.25) is 0 Å². The van der Waals surface area contributed by atoms with Gasteiger partial charge < -0.3 is 10.3 Å². The smallest absolute Gasteiger partial charge is 0.320 e. The number of H-pyrrole nitrogens is 1. The van der Waals surface area contributed by atoms with Crippen LogP contribution in [0.25, 0.3) is 0 Å². The molecule has 2 aromatic heterocycles. The van der Waals surface area contributed by atoms with Gasteiger partial charge in [0.25, 0.3) is 0 Å². The summed E-state index contributed by atoms with van der Waals surface area (Å²) in [5.41, 5.74) is 2.07. The number of urea groups is 1. The minimum absolute atomic E-state index is 0.311. The summed E-state index contributed by atoms with van der Waals surface area (Å²) in [5, 5.41) is 9.89. The first kappa shape index (κ1) is 14.8. The van der Waals surface area contributed by atoms with E-state index in [0.717, 1.165) is 11.1 Å². The fourth-order valence-electron chi connectivity index (χ4n) is 2.21. The van der Waals surface area contributed by atoms with Crippen LogP contribution in [0.4, 0.5) is 10.6 Å². The van der Waals surface area contributed by atoms with Gasteiger partial charge in [0.05, 0.1) is 13.1 Å². The van der Waals surface area contributed by atoms with Gasteiger partial charge in [0.15, 0.2) is 5.82 Å². The summed E-state index contributed by atoms with van der Waals surface area (Å²) < 4.78 is 1.81. The van der Waals surface area contributed by atoms with E-state index in [9.17, 15) is 4.79 Å². The highest BCUT2D eigenvalue weighted by Gasteiger charge is 2.09. The lowest BCUT2D eigenvalue weighted by atomic mass is 10.2. The predicted molar refractivity (Wildman–Crippen MR) is 87.0 cm³/mol. The Morgan fingerprint density at radius 3 is 2.87 bits per heavy atom. The number of aromatic amines is 1. The number of rotatable bonds is 5. The predicted octanol–water partition coefficient (Wildman–Crippen LogP) is 2.28. The molecular formula is C16H18N6O. The molecule has 23 heavy (non-hydrogen) atoms. The van der Waals surface area contributed by atoms with Crippen molar-refractivity contribution in [3.8, 4) is 0 Å². The van der Waals surface area contributed by atoms with Crippen LogP contribution in [0.5, 0.6) is 0 Å². The number of carbonyl (C=O) groups excluding carboxylic acids is 1. The topological polar surface area (TPSA) is 87.6 Å². The Kier molecular flexibility index (Phi) is 4.37. The molecule has 0 fully saturated rings. The summed E-state index contributed by atoms with van der Waals surface area (Å²) in [7, 11) is 0. The molecule has 0 aliphatic carbocycles. The molecule has 3 N–H and O–H groups in total. The Morgan fingerprint density at radius 2 is 2.13 bits per heavy atom. The zero-order valence-corrected chi connectivity index (χ0v) is 12.8. The van der Waals surface area contributed by atoms with Crippen molar-refractivity contribution in [2.75, 3.05) is 5.32 Å². The van der Waals surface area contributed by atoms with Crippen molar-refractivity contribution in [2.24, 2.45) is 0 Å². The molecular weight excluding hydrogens is 292 g/mol. The Bertz CT molecular complexity index is 763. The van der Waals surface area contributed by atoms with Crippen LogP contribution in [0.15, 0.2) is 48.9 Å². The van der Waals surface area contributed by atoms with Crippen molar-refractivity contribution in [3.63, 3.8) is 0 Å². The Balaban J connectivity index is 1.58. The van der Waals surface area contributed by atoms with Crippen LogP contribution in [0.3, 0.4) is 0 Å². The number of nitrogens with one attached hydrogen (secondary N) is 3. The van der Waals surface area contributed by atoms with Gasteiger partial charge in [-0.15, -0.1) is 0 Å². The van der Waals surface area contributed by atoms with E-state index in [0.29, 0.717) is 24.7 Å². The maximum atomic E-state index is 11.9. The van der Waals surface area contributed by atoms with E-state index < -0.39 is 0 Å². The molecule has 1 aromatic carbocycles. The van der Waals surface area contributed by atoms with E-state index in [1.807, 2.05) is 48.1 Å². The summed E-state index contributed by atoms with van der Waals surface area (Å²) in [5.74, 6) is 1.25. The molecule has 0 saturated heterocycles. The highest BCUT2D eigenvalue weighted by atomic mass is 16.2. The third-order valence-corrected chi connectivity index (χ3v) is 3.34. The number of amides is 2. The zero-order valence-electron chi connectivity index (χ0n) is 12.8. The second-order valence-electron chi connectivity index (χ2n) is 5.19. The molecule has 0 spiro atoms. The number of hydrogen-bond acceptors (Lipinski definition) is 3. The van der Waals surface area contributed by atoms with Crippen molar-refractivity contribution in [1.82, 2.24) is 25.1 Å². The summed E-state index contributed by atoms with van der Waals surface area (Å²) in [6.45, 7) is 2.91. The summed E-state index contributed by atoms with van der Waals surface area (Å²) in [6.07, 6.45) is 5.27. The number of hydrogen-bond donors (Lipinski definition) is 3. The van der Waals surface area contributed by atoms with Gasteiger partial charge in [0.1, 0.15) is 5.82 Å². The summed E-state index contributed by atoms with van der Waals surface area (Å²) >= 11 is 0. The first-order chi connectivity index (χ1) is 11.2. The third-order valence-electron chi connectivity index (χ3n) is 3.34. The fourth-order valence-corrected chi connectivity index (χ4v) is 2.21. The van der Waals surface area contributed by atoms with Crippen LogP contribution in [-0.4, -0.2) is 25.8 Å². The van der Waals surface area contributed by atoms with Crippen LogP contribution >= 0.6 is 0 Å². The first-order valence-electron chi connectivity index (χ1n) is 7.32. The molecule has 2 heterocycles. The number of benzene rings is 1. The van der Waals surface area contributed by atoms with Gasteiger partial charge in [-0.3, -0.25) is 10.00 Å². The zero-order chi connectivity index (χ0) is 16.1. The lowest BCUT2D eigenvalue weighted by Crippen LogP contribution is -2.29. The van der Waals surface area contributed by atoms with Gasteiger partial charge in [-0.25, -0.2) is 9.78 Å². The number of aromatic nitrogens is 4. The van der Waals surface area contributed by atoms with Crippen LogP contribution in [0.1, 0.15) is 17.0 Å². The monoisotopic (exact) mass is 310 g/mol. The Morgan fingerprint density at radius 1 is 1.30 bits per heavy atom. The van der Waals surface area contributed by atoms with Gasteiger partial charge in [-0.05, 0) is 12.5 Å². The molecule has 0 aliphatic heterocycles. The average molecular weight is 310 g/mol. The van der Waals surface area contributed by atoms with E-state index >= 15 is 0 Å². The first-order valence-corrected chi connectivity index (χ1v) is 7.32. The van der Waals surface area contributed by atoms with Gasteiger partial charge >= 0.3 is 6.03 Å². The second kappa shape index (κ2) is 6.78. The fraction of sp³-hybridized carbons (Fsp3) is 0.188. The van der Waals surface area contributed by atoms with Gasteiger partial charge in [0, 0.05) is 24.2 Å². The van der Waals surface area contributed by atoms with Crippen LogP contribution in [0, 0.1) is 6.92 Å². The van der Waals surface area contributed by atoms with Gasteiger partial charge in [-0.1, -0.05) is 30.3 Å². The van der Waals surface area contributed by atoms with E-state index in [1.54, 1.807) is 12.4 Å². The standard InChI is InChI=1S/C16H18N6O/c1-12-10-22(11-13-5-3-2-4-6-13)21-15(12)20-16(23)19-9-14-17-7-8-18-14/h2-8,10H,9,11H2,1H3,(H,17,18)(H2,19,20,21,23). The normalized spacial score (nSPS) is 10.5.